The van der Waals surface area contributed by atoms with Gasteiger partial charge in [0.2, 0.25) is 0 Å². The van der Waals surface area contributed by atoms with Gasteiger partial charge >= 0.3 is 5.97 Å². The highest BCUT2D eigenvalue weighted by molar-refractivity contribution is 5.89. The Labute approximate surface area is 123 Å². The van der Waals surface area contributed by atoms with Crippen LogP contribution < -0.4 is 9.47 Å². The van der Waals surface area contributed by atoms with Crippen LogP contribution in [-0.2, 0) is 4.74 Å². The van der Waals surface area contributed by atoms with Crippen LogP contribution in [0.5, 0.6) is 11.5 Å². The molecule has 0 radical (unpaired) electrons. The SMILES string of the molecule is CCOC(=O)c1nc(-c2cc(OC)cc(OC)c2)[nH]c1C. The lowest BCUT2D eigenvalue weighted by Crippen LogP contribution is -2.06. The number of rotatable bonds is 5. The summed E-state index contributed by atoms with van der Waals surface area (Å²) in [7, 11) is 3.16. The van der Waals surface area contributed by atoms with E-state index in [-0.39, 0.29) is 5.69 Å². The van der Waals surface area contributed by atoms with Crippen molar-refractivity contribution in [2.24, 2.45) is 0 Å². The van der Waals surface area contributed by atoms with Crippen molar-refractivity contribution >= 4 is 5.97 Å². The molecule has 1 N–H and O–H groups in total. The third kappa shape index (κ3) is 3.16. The first-order chi connectivity index (χ1) is 10.1. The molecular weight excluding hydrogens is 272 g/mol. The summed E-state index contributed by atoms with van der Waals surface area (Å²) in [4.78, 5) is 19.2. The van der Waals surface area contributed by atoms with Gasteiger partial charge in [0.15, 0.2) is 5.69 Å². The summed E-state index contributed by atoms with van der Waals surface area (Å²) in [6.07, 6.45) is 0. The second-order valence-corrected chi connectivity index (χ2v) is 4.38. The number of aryl methyl sites for hydroxylation is 1. The largest absolute Gasteiger partial charge is 0.497 e. The van der Waals surface area contributed by atoms with Crippen LogP contribution in [0.2, 0.25) is 0 Å². The van der Waals surface area contributed by atoms with Crippen molar-refractivity contribution in [2.75, 3.05) is 20.8 Å². The Morgan fingerprint density at radius 1 is 1.19 bits per heavy atom. The molecule has 0 spiro atoms. The predicted octanol–water partition coefficient (Wildman–Crippen LogP) is 2.58. The van der Waals surface area contributed by atoms with E-state index in [0.717, 1.165) is 5.56 Å². The standard InChI is InChI=1S/C15H18N2O4/c1-5-21-15(18)13-9(2)16-14(17-13)10-6-11(19-3)8-12(7-10)20-4/h6-8H,5H2,1-4H3,(H,16,17). The molecule has 0 amide bonds. The van der Waals surface area contributed by atoms with Crippen LogP contribution in [0.25, 0.3) is 11.4 Å². The van der Waals surface area contributed by atoms with Crippen LogP contribution >= 0.6 is 0 Å². The van der Waals surface area contributed by atoms with Gasteiger partial charge in [-0.05, 0) is 26.0 Å². The maximum absolute atomic E-state index is 11.8. The molecule has 0 saturated heterocycles. The number of nitrogens with one attached hydrogen (secondary N) is 1. The molecule has 112 valence electrons. The molecule has 0 unspecified atom stereocenters. The lowest BCUT2D eigenvalue weighted by Gasteiger charge is -2.06. The zero-order chi connectivity index (χ0) is 15.4. The number of aromatic nitrogens is 2. The van der Waals surface area contributed by atoms with Crippen LogP contribution in [0, 0.1) is 6.92 Å². The van der Waals surface area contributed by atoms with Gasteiger partial charge in [0.05, 0.1) is 20.8 Å². The van der Waals surface area contributed by atoms with Gasteiger partial charge in [-0.2, -0.15) is 0 Å². The Balaban J connectivity index is 2.43. The van der Waals surface area contributed by atoms with E-state index in [1.54, 1.807) is 34.1 Å². The van der Waals surface area contributed by atoms with E-state index in [0.29, 0.717) is 29.6 Å². The molecule has 0 aliphatic carbocycles. The minimum atomic E-state index is -0.438. The molecule has 0 saturated carbocycles. The summed E-state index contributed by atoms with van der Waals surface area (Å²) in [5.74, 6) is 1.42. The maximum Gasteiger partial charge on any atom is 0.358 e. The average Bonchev–Trinajstić information content (AvgIpc) is 2.89. The first kappa shape index (κ1) is 14.9. The van der Waals surface area contributed by atoms with Crippen molar-refractivity contribution in [1.82, 2.24) is 9.97 Å². The van der Waals surface area contributed by atoms with Crippen LogP contribution in [0.4, 0.5) is 0 Å². The van der Waals surface area contributed by atoms with E-state index in [1.807, 2.05) is 12.1 Å². The molecule has 0 atom stereocenters. The van der Waals surface area contributed by atoms with Gasteiger partial charge in [-0.25, -0.2) is 9.78 Å². The molecule has 2 rings (SSSR count). The third-order valence-corrected chi connectivity index (χ3v) is 2.98. The smallest absolute Gasteiger partial charge is 0.358 e. The molecule has 21 heavy (non-hydrogen) atoms. The van der Waals surface area contributed by atoms with Crippen molar-refractivity contribution < 1.29 is 19.0 Å². The Morgan fingerprint density at radius 2 is 1.81 bits per heavy atom. The van der Waals surface area contributed by atoms with E-state index in [2.05, 4.69) is 9.97 Å². The van der Waals surface area contributed by atoms with Gasteiger partial charge in [-0.15, -0.1) is 0 Å². The van der Waals surface area contributed by atoms with Crippen LogP contribution in [-0.4, -0.2) is 36.8 Å². The second-order valence-electron chi connectivity index (χ2n) is 4.38. The molecule has 6 heteroatoms. The zero-order valence-electron chi connectivity index (χ0n) is 12.5. The van der Waals surface area contributed by atoms with E-state index < -0.39 is 5.97 Å². The monoisotopic (exact) mass is 290 g/mol. The highest BCUT2D eigenvalue weighted by Crippen LogP contribution is 2.28. The fourth-order valence-electron chi connectivity index (χ4n) is 1.94. The van der Waals surface area contributed by atoms with E-state index in [4.69, 9.17) is 14.2 Å². The zero-order valence-corrected chi connectivity index (χ0v) is 12.5. The van der Waals surface area contributed by atoms with Gasteiger partial charge in [0, 0.05) is 17.3 Å². The maximum atomic E-state index is 11.8. The van der Waals surface area contributed by atoms with E-state index >= 15 is 0 Å². The van der Waals surface area contributed by atoms with Gasteiger partial charge in [-0.1, -0.05) is 0 Å². The van der Waals surface area contributed by atoms with Gasteiger partial charge in [-0.3, -0.25) is 0 Å². The number of ether oxygens (including phenoxy) is 3. The van der Waals surface area contributed by atoms with E-state index in [1.165, 1.54) is 0 Å². The summed E-state index contributed by atoms with van der Waals surface area (Å²) in [6.45, 7) is 3.85. The lowest BCUT2D eigenvalue weighted by atomic mass is 10.2. The topological polar surface area (TPSA) is 73.4 Å². The average molecular weight is 290 g/mol. The van der Waals surface area contributed by atoms with Crippen LogP contribution in [0.3, 0.4) is 0 Å². The summed E-state index contributed by atoms with van der Waals surface area (Å²) >= 11 is 0. The third-order valence-electron chi connectivity index (χ3n) is 2.98. The van der Waals surface area contributed by atoms with Crippen molar-refractivity contribution in [3.05, 3.63) is 29.6 Å². The molecular formula is C15H18N2O4. The van der Waals surface area contributed by atoms with Crippen molar-refractivity contribution in [1.29, 1.82) is 0 Å². The molecule has 0 aliphatic rings. The number of imidazole rings is 1. The van der Waals surface area contributed by atoms with Crippen molar-refractivity contribution in [3.8, 4) is 22.9 Å². The minimum absolute atomic E-state index is 0.286. The van der Waals surface area contributed by atoms with Crippen molar-refractivity contribution in [2.45, 2.75) is 13.8 Å². The molecule has 2 aromatic rings. The summed E-state index contributed by atoms with van der Waals surface area (Å²) < 4.78 is 15.4. The Bertz CT molecular complexity index is 627. The van der Waals surface area contributed by atoms with Crippen LogP contribution in [0.1, 0.15) is 23.1 Å². The molecule has 6 nitrogen and oxygen atoms in total. The minimum Gasteiger partial charge on any atom is -0.497 e. The number of carbonyl (C=O) groups excluding carboxylic acids is 1. The number of hydrogen-bond acceptors (Lipinski definition) is 5. The van der Waals surface area contributed by atoms with Crippen LogP contribution in [0.15, 0.2) is 18.2 Å². The molecule has 0 fully saturated rings. The Morgan fingerprint density at radius 3 is 2.33 bits per heavy atom. The number of hydrogen-bond donors (Lipinski definition) is 1. The molecule has 0 bridgehead atoms. The number of benzene rings is 1. The number of H-pyrrole nitrogens is 1. The number of esters is 1. The lowest BCUT2D eigenvalue weighted by molar-refractivity contribution is 0.0519. The Hall–Kier alpha value is -2.50. The fourth-order valence-corrected chi connectivity index (χ4v) is 1.94. The molecule has 1 aromatic heterocycles. The van der Waals surface area contributed by atoms with Crippen molar-refractivity contribution in [3.63, 3.8) is 0 Å². The highest BCUT2D eigenvalue weighted by Gasteiger charge is 2.17. The van der Waals surface area contributed by atoms with Gasteiger partial charge in [0.25, 0.3) is 0 Å². The quantitative estimate of drug-likeness (QED) is 0.857. The number of nitrogens with zero attached hydrogens (tertiary/aromatic N) is 1. The number of aromatic amines is 1. The number of methoxy groups -OCH3 is 2. The summed E-state index contributed by atoms with van der Waals surface area (Å²) in [6, 6.07) is 5.40. The highest BCUT2D eigenvalue weighted by atomic mass is 16.5. The number of carbonyl (C=O) groups is 1. The van der Waals surface area contributed by atoms with E-state index in [9.17, 15) is 4.79 Å². The Kier molecular flexibility index (Phi) is 4.47. The predicted molar refractivity (Wildman–Crippen MR) is 77.8 cm³/mol. The molecule has 0 aliphatic heterocycles. The normalized spacial score (nSPS) is 10.3. The fraction of sp³-hybridized carbons (Fsp3) is 0.333. The first-order valence-corrected chi connectivity index (χ1v) is 6.56. The molecule has 1 aromatic carbocycles. The second kappa shape index (κ2) is 6.30. The van der Waals surface area contributed by atoms with Gasteiger partial charge in [0.1, 0.15) is 17.3 Å². The summed E-state index contributed by atoms with van der Waals surface area (Å²) in [5.41, 5.74) is 1.71. The van der Waals surface area contributed by atoms with Gasteiger partial charge < -0.3 is 19.2 Å². The first-order valence-electron chi connectivity index (χ1n) is 6.56. The molecule has 1 heterocycles. The summed E-state index contributed by atoms with van der Waals surface area (Å²) in [5, 5.41) is 0.